The molecular formula is C31H33N3O5S. The van der Waals surface area contributed by atoms with E-state index in [1.807, 2.05) is 22.7 Å². The zero-order valence-electron chi connectivity index (χ0n) is 22.3. The Balaban J connectivity index is 1.27. The summed E-state index contributed by atoms with van der Waals surface area (Å²) in [6.07, 6.45) is 6.25. The number of thioether (sulfide) groups is 1. The molecule has 0 radical (unpaired) electrons. The molecule has 3 aliphatic heterocycles. The van der Waals surface area contributed by atoms with Crippen LogP contribution in [-0.2, 0) is 15.2 Å². The zero-order chi connectivity index (χ0) is 27.2. The number of ether oxygens (including phenoxy) is 2. The number of amides is 1. The average molecular weight is 560 g/mol. The number of carbonyl (C=O) groups is 1. The van der Waals surface area contributed by atoms with E-state index in [-0.39, 0.29) is 35.9 Å². The summed E-state index contributed by atoms with van der Waals surface area (Å²) in [6.45, 7) is 1.76. The molecule has 1 unspecified atom stereocenters. The highest BCUT2D eigenvalue weighted by molar-refractivity contribution is 7.98. The van der Waals surface area contributed by atoms with Crippen LogP contribution in [0.2, 0.25) is 0 Å². The molecule has 2 fully saturated rings. The maximum atomic E-state index is 14.0. The van der Waals surface area contributed by atoms with Gasteiger partial charge in [0.1, 0.15) is 6.67 Å². The number of hydrogen-bond donors (Lipinski definition) is 1. The Labute approximate surface area is 237 Å². The molecule has 2 aromatic carbocycles. The molecule has 1 aromatic heterocycles. The quantitative estimate of drug-likeness (QED) is 0.507. The fourth-order valence-corrected chi connectivity index (χ4v) is 7.74. The fraction of sp³-hybridized carbons (Fsp3) is 0.419. The fourth-order valence-electron chi connectivity index (χ4n) is 6.64. The highest BCUT2D eigenvalue weighted by Crippen LogP contribution is 2.43. The van der Waals surface area contributed by atoms with Gasteiger partial charge in [-0.2, -0.15) is 0 Å². The monoisotopic (exact) mass is 559 g/mol. The van der Waals surface area contributed by atoms with Crippen LogP contribution in [0, 0.1) is 0 Å². The second-order valence-electron chi connectivity index (χ2n) is 11.1. The van der Waals surface area contributed by atoms with Crippen molar-refractivity contribution in [2.24, 2.45) is 0 Å². The highest BCUT2D eigenvalue weighted by atomic mass is 32.2. The minimum absolute atomic E-state index is 0.0104. The normalized spacial score (nSPS) is 26.1. The van der Waals surface area contributed by atoms with Gasteiger partial charge in [0.2, 0.25) is 5.43 Å². The van der Waals surface area contributed by atoms with Crippen LogP contribution in [0.4, 0.5) is 0 Å². The van der Waals surface area contributed by atoms with Crippen LogP contribution in [-0.4, -0.2) is 58.7 Å². The molecule has 1 amide bonds. The molecule has 9 heteroatoms. The number of hydrogen-bond acceptors (Lipinski definition) is 7. The van der Waals surface area contributed by atoms with E-state index in [2.05, 4.69) is 47.5 Å². The number of nitrogens with zero attached hydrogens (tertiary/aromatic N) is 3. The van der Waals surface area contributed by atoms with Gasteiger partial charge in [0.05, 0.1) is 24.9 Å². The standard InChI is InChI=1S/C31H33N3O5S/c35-26-13-15-33-29(30(26)36)31(37)32(21-9-11-22(12-10-21)39-23-14-16-38-17-23)19-34(33)28-24-6-2-1-5-20(24)18-40-27-8-4-3-7-25(27)28/h1-8,13,15,21-23,28,36H,9-12,14,16-19H2/t21?,22?,23?,28-/m0/s1. The van der Waals surface area contributed by atoms with Gasteiger partial charge < -0.3 is 19.5 Å². The van der Waals surface area contributed by atoms with Crippen LogP contribution in [0.3, 0.4) is 0 Å². The SMILES string of the molecule is O=C1c2c(O)c(=O)ccn2N([C@H]2c3ccccc3CSc3ccccc32)CN1C1CCC(OC2CCOC2)CC1. The molecule has 1 saturated carbocycles. The molecule has 4 aliphatic rings. The zero-order valence-corrected chi connectivity index (χ0v) is 23.1. The van der Waals surface area contributed by atoms with E-state index in [1.165, 1.54) is 16.5 Å². The first-order chi connectivity index (χ1) is 19.6. The van der Waals surface area contributed by atoms with Crippen LogP contribution in [0.1, 0.15) is 65.3 Å². The molecule has 8 nitrogen and oxygen atoms in total. The Kier molecular flexibility index (Phi) is 6.81. The maximum Gasteiger partial charge on any atom is 0.278 e. The Bertz CT molecular complexity index is 1430. The van der Waals surface area contributed by atoms with E-state index in [4.69, 9.17) is 9.47 Å². The van der Waals surface area contributed by atoms with Gasteiger partial charge in [0.15, 0.2) is 11.4 Å². The molecule has 208 valence electrons. The summed E-state index contributed by atoms with van der Waals surface area (Å²) in [6, 6.07) is 17.9. The van der Waals surface area contributed by atoms with Crippen molar-refractivity contribution in [2.75, 3.05) is 24.9 Å². The summed E-state index contributed by atoms with van der Waals surface area (Å²) in [5, 5.41) is 13.1. The van der Waals surface area contributed by atoms with Gasteiger partial charge in [0.25, 0.3) is 5.91 Å². The summed E-state index contributed by atoms with van der Waals surface area (Å²) in [5.41, 5.74) is 3.03. The molecule has 0 bridgehead atoms. The van der Waals surface area contributed by atoms with Gasteiger partial charge >= 0.3 is 0 Å². The van der Waals surface area contributed by atoms with E-state index in [9.17, 15) is 14.7 Å². The molecular weight excluding hydrogens is 526 g/mol. The molecule has 1 N–H and O–H groups in total. The summed E-state index contributed by atoms with van der Waals surface area (Å²) in [5.74, 6) is 0.0491. The molecule has 40 heavy (non-hydrogen) atoms. The lowest BCUT2D eigenvalue weighted by Gasteiger charge is -2.47. The molecule has 7 rings (SSSR count). The van der Waals surface area contributed by atoms with E-state index in [0.29, 0.717) is 13.3 Å². The number of fused-ring (bicyclic) bond motifs is 3. The first-order valence-corrected chi connectivity index (χ1v) is 15.1. The van der Waals surface area contributed by atoms with E-state index in [1.54, 1.807) is 10.9 Å². The van der Waals surface area contributed by atoms with Crippen LogP contribution >= 0.6 is 11.8 Å². The third kappa shape index (κ3) is 4.50. The Morgan fingerprint density at radius 2 is 1.68 bits per heavy atom. The summed E-state index contributed by atoms with van der Waals surface area (Å²) in [4.78, 5) is 29.6. The van der Waals surface area contributed by atoms with Crippen molar-refractivity contribution in [1.29, 1.82) is 0 Å². The van der Waals surface area contributed by atoms with Gasteiger partial charge in [-0.3, -0.25) is 19.3 Å². The number of rotatable bonds is 4. The third-order valence-electron chi connectivity index (χ3n) is 8.69. The Hall–Kier alpha value is -3.27. The number of aromatic nitrogens is 1. The van der Waals surface area contributed by atoms with E-state index in [0.717, 1.165) is 55.6 Å². The minimum Gasteiger partial charge on any atom is -0.502 e. The van der Waals surface area contributed by atoms with Gasteiger partial charge in [0, 0.05) is 35.6 Å². The van der Waals surface area contributed by atoms with Crippen LogP contribution in [0.5, 0.6) is 5.75 Å². The van der Waals surface area contributed by atoms with Crippen molar-refractivity contribution in [3.05, 3.63) is 93.4 Å². The lowest BCUT2D eigenvalue weighted by atomic mass is 9.91. The van der Waals surface area contributed by atoms with E-state index >= 15 is 0 Å². The smallest absolute Gasteiger partial charge is 0.278 e. The van der Waals surface area contributed by atoms with E-state index < -0.39 is 11.2 Å². The Morgan fingerprint density at radius 3 is 2.48 bits per heavy atom. The van der Waals surface area contributed by atoms with Crippen LogP contribution < -0.4 is 10.4 Å². The predicted molar refractivity (Wildman–Crippen MR) is 152 cm³/mol. The molecule has 0 spiro atoms. The molecule has 1 saturated heterocycles. The number of benzene rings is 2. The predicted octanol–water partition coefficient (Wildman–Crippen LogP) is 4.42. The van der Waals surface area contributed by atoms with Gasteiger partial charge in [-0.1, -0.05) is 42.5 Å². The molecule has 1 aliphatic carbocycles. The van der Waals surface area contributed by atoms with Crippen molar-refractivity contribution >= 4 is 17.7 Å². The van der Waals surface area contributed by atoms with Gasteiger partial charge in [-0.05, 0) is 54.9 Å². The Morgan fingerprint density at radius 1 is 0.900 bits per heavy atom. The first kappa shape index (κ1) is 25.7. The lowest BCUT2D eigenvalue weighted by molar-refractivity contribution is -0.0425. The minimum atomic E-state index is -0.547. The first-order valence-electron chi connectivity index (χ1n) is 14.1. The van der Waals surface area contributed by atoms with Crippen molar-refractivity contribution in [3.8, 4) is 5.75 Å². The van der Waals surface area contributed by atoms with Crippen molar-refractivity contribution < 1.29 is 19.4 Å². The van der Waals surface area contributed by atoms with Crippen LogP contribution in [0.15, 0.2) is 70.5 Å². The maximum absolute atomic E-state index is 14.0. The topological polar surface area (TPSA) is 84.2 Å². The lowest BCUT2D eigenvalue weighted by Crippen LogP contribution is -2.58. The molecule has 2 atom stereocenters. The van der Waals surface area contributed by atoms with Crippen molar-refractivity contribution in [3.63, 3.8) is 0 Å². The largest absolute Gasteiger partial charge is 0.502 e. The van der Waals surface area contributed by atoms with Crippen molar-refractivity contribution in [2.45, 2.75) is 67.0 Å². The second kappa shape index (κ2) is 10.6. The third-order valence-corrected chi connectivity index (χ3v) is 9.83. The van der Waals surface area contributed by atoms with Gasteiger partial charge in [-0.15, -0.1) is 11.8 Å². The summed E-state index contributed by atoms with van der Waals surface area (Å²) >= 11 is 1.81. The van der Waals surface area contributed by atoms with Crippen molar-refractivity contribution in [1.82, 2.24) is 9.58 Å². The van der Waals surface area contributed by atoms with Gasteiger partial charge in [-0.25, -0.2) is 0 Å². The number of pyridine rings is 1. The highest BCUT2D eigenvalue weighted by Gasteiger charge is 2.41. The van der Waals surface area contributed by atoms with Crippen LogP contribution in [0.25, 0.3) is 0 Å². The number of carbonyl (C=O) groups excluding carboxylic acids is 1. The molecule has 4 heterocycles. The molecule has 3 aromatic rings. The number of aromatic hydroxyl groups is 1. The summed E-state index contributed by atoms with van der Waals surface area (Å²) < 4.78 is 13.5. The summed E-state index contributed by atoms with van der Waals surface area (Å²) in [7, 11) is 0. The second-order valence-corrected chi connectivity index (χ2v) is 12.1. The average Bonchev–Trinajstić information content (AvgIpc) is 3.43.